The van der Waals surface area contributed by atoms with Crippen LogP contribution in [-0.4, -0.2) is 41.0 Å². The van der Waals surface area contributed by atoms with Gasteiger partial charge in [0.25, 0.3) is 0 Å². The van der Waals surface area contributed by atoms with E-state index in [1.807, 2.05) is 0 Å². The largest absolute Gasteiger partial charge is 0.469 e. The van der Waals surface area contributed by atoms with Gasteiger partial charge in [0.05, 0.1) is 6.61 Å². The van der Waals surface area contributed by atoms with E-state index in [-0.39, 0.29) is 19.4 Å². The van der Waals surface area contributed by atoms with E-state index in [9.17, 15) is 14.2 Å². The van der Waals surface area contributed by atoms with Crippen molar-refractivity contribution in [2.24, 2.45) is 0 Å². The molecule has 0 fully saturated rings. The second kappa shape index (κ2) is 35.4. The fourth-order valence-electron chi connectivity index (χ4n) is 5.48. The lowest BCUT2D eigenvalue weighted by atomic mass is 10.1. The Morgan fingerprint density at radius 1 is 0.521 bits per heavy atom. The lowest BCUT2D eigenvalue weighted by molar-refractivity contribution is -0.161. The van der Waals surface area contributed by atoms with E-state index < -0.39 is 32.5 Å². The van der Waals surface area contributed by atoms with Gasteiger partial charge in [0.15, 0.2) is 6.10 Å². The van der Waals surface area contributed by atoms with Crippen LogP contribution in [0.15, 0.2) is 24.3 Å². The van der Waals surface area contributed by atoms with Crippen molar-refractivity contribution in [3.8, 4) is 0 Å². The highest BCUT2D eigenvalue weighted by Gasteiger charge is 2.22. The van der Waals surface area contributed by atoms with Crippen LogP contribution in [0.1, 0.15) is 194 Å². The van der Waals surface area contributed by atoms with Crippen LogP contribution in [-0.2, 0) is 28.2 Å². The first-order chi connectivity index (χ1) is 23.3. The molecule has 9 heteroatoms. The monoisotopic (exact) mass is 701 g/mol. The van der Waals surface area contributed by atoms with Gasteiger partial charge in [0.1, 0.15) is 6.61 Å². The topological polar surface area (TPSA) is 119 Å². The highest BCUT2D eigenvalue weighted by Crippen LogP contribution is 2.36. The van der Waals surface area contributed by atoms with Gasteiger partial charge in [-0.1, -0.05) is 141 Å². The highest BCUT2D eigenvalue weighted by atomic mass is 31.2. The second-order valence-electron chi connectivity index (χ2n) is 13.2. The zero-order valence-corrected chi connectivity index (χ0v) is 31.8. The van der Waals surface area contributed by atoms with Crippen molar-refractivity contribution in [2.45, 2.75) is 200 Å². The van der Waals surface area contributed by atoms with Gasteiger partial charge in [-0.15, -0.1) is 0 Å². The molecule has 0 radical (unpaired) electrons. The van der Waals surface area contributed by atoms with Crippen LogP contribution in [0.25, 0.3) is 0 Å². The van der Waals surface area contributed by atoms with Gasteiger partial charge in [0, 0.05) is 12.8 Å². The van der Waals surface area contributed by atoms with Crippen molar-refractivity contribution in [2.75, 3.05) is 13.2 Å². The number of phosphoric ester groups is 1. The molecule has 0 aliphatic rings. The molecule has 0 saturated carbocycles. The summed E-state index contributed by atoms with van der Waals surface area (Å²) in [6, 6.07) is 0. The second-order valence-corrected chi connectivity index (χ2v) is 14.5. The van der Waals surface area contributed by atoms with Crippen LogP contribution >= 0.6 is 7.82 Å². The first-order valence-corrected chi connectivity index (χ1v) is 21.2. The minimum Gasteiger partial charge on any atom is -0.462 e. The number of carbonyl (C=O) groups is 2. The fourth-order valence-corrected chi connectivity index (χ4v) is 5.84. The highest BCUT2D eigenvalue weighted by molar-refractivity contribution is 7.46. The molecule has 0 rings (SSSR count). The van der Waals surface area contributed by atoms with Crippen LogP contribution in [0.4, 0.5) is 0 Å². The Hall–Kier alpha value is -1.47. The SMILES string of the molecule is CCCCCC/C=C/CCCCCCCC(=O)OC[C@H](COP(=O)(O)O)OC(=O)CCCCCCCCC/C=C/CCCCCCCC. The molecule has 0 aromatic heterocycles. The van der Waals surface area contributed by atoms with Crippen molar-refractivity contribution in [1.29, 1.82) is 0 Å². The third-order valence-electron chi connectivity index (χ3n) is 8.44. The Labute approximate surface area is 294 Å². The molecule has 0 heterocycles. The van der Waals surface area contributed by atoms with E-state index in [0.29, 0.717) is 12.8 Å². The zero-order valence-electron chi connectivity index (χ0n) is 30.9. The smallest absolute Gasteiger partial charge is 0.462 e. The summed E-state index contributed by atoms with van der Waals surface area (Å²) >= 11 is 0. The van der Waals surface area contributed by atoms with Gasteiger partial charge in [0.2, 0.25) is 0 Å². The average Bonchev–Trinajstić information content (AvgIpc) is 3.05. The molecular weight excluding hydrogens is 627 g/mol. The van der Waals surface area contributed by atoms with Crippen molar-refractivity contribution in [1.82, 2.24) is 0 Å². The number of hydrogen-bond donors (Lipinski definition) is 2. The van der Waals surface area contributed by atoms with Crippen LogP contribution in [0.3, 0.4) is 0 Å². The minimum atomic E-state index is -4.75. The summed E-state index contributed by atoms with van der Waals surface area (Å²) in [7, 11) is -4.75. The van der Waals surface area contributed by atoms with Crippen LogP contribution in [0.5, 0.6) is 0 Å². The number of carbonyl (C=O) groups excluding carboxylic acids is 2. The number of allylic oxidation sites excluding steroid dienone is 4. The van der Waals surface area contributed by atoms with E-state index in [1.54, 1.807) is 0 Å². The van der Waals surface area contributed by atoms with E-state index in [4.69, 9.17) is 19.3 Å². The van der Waals surface area contributed by atoms with E-state index >= 15 is 0 Å². The van der Waals surface area contributed by atoms with Gasteiger partial charge in [-0.05, 0) is 64.2 Å². The third kappa shape index (κ3) is 37.4. The summed E-state index contributed by atoms with van der Waals surface area (Å²) in [6.07, 6.45) is 38.9. The molecule has 8 nitrogen and oxygen atoms in total. The van der Waals surface area contributed by atoms with Crippen molar-refractivity contribution in [3.05, 3.63) is 24.3 Å². The molecule has 2 N–H and O–H groups in total. The quantitative estimate of drug-likeness (QED) is 0.0287. The Balaban J connectivity index is 3.95. The van der Waals surface area contributed by atoms with E-state index in [0.717, 1.165) is 57.8 Å². The first kappa shape index (κ1) is 46.5. The number of phosphoric acid groups is 1. The summed E-state index contributed by atoms with van der Waals surface area (Å²) in [6.45, 7) is 3.65. The predicted octanol–water partition coefficient (Wildman–Crippen LogP) is 11.6. The number of rotatable bonds is 36. The number of ether oxygens (including phenoxy) is 2. The number of hydrogen-bond acceptors (Lipinski definition) is 6. The van der Waals surface area contributed by atoms with Gasteiger partial charge in [-0.25, -0.2) is 4.57 Å². The molecule has 0 aromatic carbocycles. The molecule has 0 amide bonds. The van der Waals surface area contributed by atoms with Crippen LogP contribution < -0.4 is 0 Å². The molecule has 0 spiro atoms. The molecule has 0 saturated heterocycles. The maximum atomic E-state index is 12.4. The maximum Gasteiger partial charge on any atom is 0.469 e. The standard InChI is InChI=1S/C39H73O8P/c1-3-5-7-9-11-13-15-17-18-19-20-22-24-26-28-30-32-34-39(41)47-37(36-46-48(42,43)44)35-45-38(40)33-31-29-27-25-23-21-16-14-12-10-8-6-4-2/h14,16-18,37H,3-13,15,19-36H2,1-2H3,(H2,42,43,44)/b16-14+,18-17+/t37-/m1/s1. The summed E-state index contributed by atoms with van der Waals surface area (Å²) in [5, 5.41) is 0. The predicted molar refractivity (Wildman–Crippen MR) is 198 cm³/mol. The van der Waals surface area contributed by atoms with Crippen molar-refractivity contribution >= 4 is 19.8 Å². The van der Waals surface area contributed by atoms with E-state index in [2.05, 4.69) is 42.7 Å². The molecule has 0 bridgehead atoms. The van der Waals surface area contributed by atoms with Crippen LogP contribution in [0, 0.1) is 0 Å². The Kier molecular flexibility index (Phi) is 34.3. The Morgan fingerprint density at radius 3 is 1.29 bits per heavy atom. The molecule has 0 unspecified atom stereocenters. The third-order valence-corrected chi connectivity index (χ3v) is 8.93. The van der Waals surface area contributed by atoms with Gasteiger partial charge in [-0.2, -0.15) is 0 Å². The number of esters is 2. The van der Waals surface area contributed by atoms with E-state index in [1.165, 1.54) is 96.3 Å². The van der Waals surface area contributed by atoms with Gasteiger partial charge < -0.3 is 19.3 Å². The molecule has 0 aliphatic carbocycles. The maximum absolute atomic E-state index is 12.4. The van der Waals surface area contributed by atoms with Crippen molar-refractivity contribution < 1.29 is 37.9 Å². The zero-order chi connectivity index (χ0) is 35.4. The first-order valence-electron chi connectivity index (χ1n) is 19.6. The minimum absolute atomic E-state index is 0.207. The molecule has 0 aromatic rings. The Bertz CT molecular complexity index is 838. The summed E-state index contributed by atoms with van der Waals surface area (Å²) in [4.78, 5) is 42.7. The lowest BCUT2D eigenvalue weighted by Crippen LogP contribution is -2.29. The van der Waals surface area contributed by atoms with Gasteiger partial charge in [-0.3, -0.25) is 14.1 Å². The number of unbranched alkanes of at least 4 members (excludes halogenated alkanes) is 22. The lowest BCUT2D eigenvalue weighted by Gasteiger charge is -2.18. The normalized spacial score (nSPS) is 12.7. The molecular formula is C39H73O8P. The molecule has 48 heavy (non-hydrogen) atoms. The Morgan fingerprint density at radius 2 is 0.875 bits per heavy atom. The molecule has 282 valence electrons. The summed E-state index contributed by atoms with van der Waals surface area (Å²) in [5.41, 5.74) is 0. The fraction of sp³-hybridized carbons (Fsp3) is 0.846. The summed E-state index contributed by atoms with van der Waals surface area (Å²) in [5.74, 6) is -0.896. The average molecular weight is 701 g/mol. The molecule has 0 aliphatic heterocycles. The van der Waals surface area contributed by atoms with Crippen LogP contribution in [0.2, 0.25) is 0 Å². The summed E-state index contributed by atoms with van der Waals surface area (Å²) < 4.78 is 26.3. The van der Waals surface area contributed by atoms with Gasteiger partial charge >= 0.3 is 19.8 Å². The molecule has 1 atom stereocenters. The van der Waals surface area contributed by atoms with Crippen molar-refractivity contribution in [3.63, 3.8) is 0 Å².